The summed E-state index contributed by atoms with van der Waals surface area (Å²) in [5.41, 5.74) is 11.3. The lowest BCUT2D eigenvalue weighted by Crippen LogP contribution is -2.00. The van der Waals surface area contributed by atoms with Crippen molar-refractivity contribution < 1.29 is 4.42 Å². The molecule has 0 N–H and O–H groups in total. The maximum Gasteiger partial charge on any atom is 0.164 e. The van der Waals surface area contributed by atoms with E-state index in [1.807, 2.05) is 53.8 Å². The zero-order valence-corrected chi connectivity index (χ0v) is 30.9. The van der Waals surface area contributed by atoms with Crippen molar-refractivity contribution in [2.45, 2.75) is 0 Å². The number of rotatable bonds is 6. The van der Waals surface area contributed by atoms with Crippen LogP contribution in [0.2, 0.25) is 0 Å². The van der Waals surface area contributed by atoms with Gasteiger partial charge in [-0.1, -0.05) is 146 Å². The van der Waals surface area contributed by atoms with Crippen molar-refractivity contribution >= 4 is 53.4 Å². The molecule has 3 heterocycles. The summed E-state index contributed by atoms with van der Waals surface area (Å²) in [6, 6.07) is 65.8. The van der Waals surface area contributed by atoms with E-state index in [0.29, 0.717) is 17.5 Å². The third-order valence-corrected chi connectivity index (χ3v) is 11.7. The van der Waals surface area contributed by atoms with Gasteiger partial charge >= 0.3 is 0 Å². The molecule has 0 radical (unpaired) electrons. The second-order valence-electron chi connectivity index (χ2n) is 14.0. The fourth-order valence-electron chi connectivity index (χ4n) is 7.65. The second kappa shape index (κ2) is 13.3. The van der Waals surface area contributed by atoms with Gasteiger partial charge in [0.15, 0.2) is 17.5 Å². The number of nitrogens with zero attached hydrogens (tertiary/aromatic N) is 3. The molecule has 0 bridgehead atoms. The molecule has 11 aromatic rings. The Labute approximate surface area is 327 Å². The van der Waals surface area contributed by atoms with Gasteiger partial charge in [-0.15, -0.1) is 11.3 Å². The first-order valence-corrected chi connectivity index (χ1v) is 19.5. The van der Waals surface area contributed by atoms with Crippen LogP contribution in [0.15, 0.2) is 192 Å². The zero-order chi connectivity index (χ0) is 37.0. The summed E-state index contributed by atoms with van der Waals surface area (Å²) < 4.78 is 9.19. The topological polar surface area (TPSA) is 51.8 Å². The van der Waals surface area contributed by atoms with Crippen molar-refractivity contribution in [1.29, 1.82) is 0 Å². The predicted molar refractivity (Wildman–Crippen MR) is 233 cm³/mol. The van der Waals surface area contributed by atoms with Crippen LogP contribution < -0.4 is 0 Å². The van der Waals surface area contributed by atoms with Gasteiger partial charge in [0.2, 0.25) is 0 Å². The number of thiophene rings is 1. The number of benzene rings is 8. The van der Waals surface area contributed by atoms with Crippen molar-refractivity contribution in [2.75, 3.05) is 0 Å². The van der Waals surface area contributed by atoms with Crippen LogP contribution in [-0.4, -0.2) is 15.0 Å². The molecule has 5 heteroatoms. The van der Waals surface area contributed by atoms with Gasteiger partial charge in [-0.25, -0.2) is 15.0 Å². The lowest BCUT2D eigenvalue weighted by atomic mass is 9.98. The minimum atomic E-state index is 0.593. The molecule has 8 aromatic carbocycles. The summed E-state index contributed by atoms with van der Waals surface area (Å²) in [4.78, 5) is 14.9. The van der Waals surface area contributed by atoms with Crippen LogP contribution in [0.4, 0.5) is 0 Å². The summed E-state index contributed by atoms with van der Waals surface area (Å²) >= 11 is 1.85. The highest BCUT2D eigenvalue weighted by molar-refractivity contribution is 7.25. The molecule has 3 aromatic heterocycles. The normalized spacial score (nSPS) is 11.6. The Kier molecular flexibility index (Phi) is 7.64. The van der Waals surface area contributed by atoms with Crippen molar-refractivity contribution in [1.82, 2.24) is 15.0 Å². The van der Waals surface area contributed by atoms with Gasteiger partial charge in [-0.3, -0.25) is 0 Å². The van der Waals surface area contributed by atoms with E-state index in [2.05, 4.69) is 146 Å². The number of fused-ring (bicyclic) bond motifs is 6. The van der Waals surface area contributed by atoms with Gasteiger partial charge in [0.05, 0.1) is 0 Å². The van der Waals surface area contributed by atoms with Crippen molar-refractivity contribution in [2.24, 2.45) is 0 Å². The van der Waals surface area contributed by atoms with E-state index in [4.69, 9.17) is 19.4 Å². The maximum atomic E-state index is 6.55. The Bertz CT molecular complexity index is 3220. The fraction of sp³-hybridized carbons (Fsp3) is 0. The van der Waals surface area contributed by atoms with Crippen LogP contribution in [0, 0.1) is 0 Å². The molecule has 0 amide bonds. The molecule has 0 saturated heterocycles. The number of hydrogen-bond acceptors (Lipinski definition) is 5. The van der Waals surface area contributed by atoms with E-state index in [0.717, 1.165) is 55.3 Å². The number of aromatic nitrogens is 3. The molecule has 0 atom stereocenters. The Morgan fingerprint density at radius 3 is 1.36 bits per heavy atom. The van der Waals surface area contributed by atoms with Crippen LogP contribution >= 0.6 is 11.3 Å². The monoisotopic (exact) mass is 733 g/mol. The van der Waals surface area contributed by atoms with E-state index < -0.39 is 0 Å². The molecule has 0 fully saturated rings. The van der Waals surface area contributed by atoms with E-state index >= 15 is 0 Å². The molecule has 0 unspecified atom stereocenters. The SMILES string of the molecule is c1ccc(-c2ccc(-c3nc(-c4ccccc4)nc(-c4ccc5c(c4)oc4cc(-c6ccc(-c7ccc8sc9ccccc9c8c7)cc6)ccc45)n3)cc2)cc1. The standard InChI is InChI=1S/C51H31N3OS/c1-3-9-32(10-4-1)33-19-21-37(22-20-33)50-52-49(36-11-5-2-6-12-36)53-51(54-50)40-24-27-42-41-26-23-39(30-45(41)55-46(42)31-40)35-17-15-34(16-18-35)38-25-28-48-44(29-38)43-13-7-8-14-47(43)56-48/h1-31H. The molecule has 4 nitrogen and oxygen atoms in total. The largest absolute Gasteiger partial charge is 0.456 e. The Morgan fingerprint density at radius 1 is 0.286 bits per heavy atom. The molecular formula is C51H31N3OS. The molecule has 11 rings (SSSR count). The summed E-state index contributed by atoms with van der Waals surface area (Å²) in [6.07, 6.45) is 0. The lowest BCUT2D eigenvalue weighted by Gasteiger charge is -2.09. The molecule has 262 valence electrons. The molecule has 0 spiro atoms. The quantitative estimate of drug-likeness (QED) is 0.171. The predicted octanol–water partition coefficient (Wildman–Crippen LogP) is 14.1. The third-order valence-electron chi connectivity index (χ3n) is 10.6. The zero-order valence-electron chi connectivity index (χ0n) is 30.1. The summed E-state index contributed by atoms with van der Waals surface area (Å²) in [5.74, 6) is 1.84. The number of furan rings is 1. The maximum absolute atomic E-state index is 6.55. The molecular weight excluding hydrogens is 703 g/mol. The Balaban J connectivity index is 0.927. The van der Waals surface area contributed by atoms with Gasteiger partial charge in [-0.05, 0) is 75.8 Å². The molecule has 0 aliphatic carbocycles. The second-order valence-corrected chi connectivity index (χ2v) is 15.1. The van der Waals surface area contributed by atoms with Gasteiger partial charge in [0, 0.05) is 47.6 Å². The van der Waals surface area contributed by atoms with Crippen LogP contribution in [0.25, 0.3) is 110 Å². The first-order valence-electron chi connectivity index (χ1n) is 18.7. The molecule has 0 aliphatic heterocycles. The van der Waals surface area contributed by atoms with Gasteiger partial charge in [-0.2, -0.15) is 0 Å². The Hall–Kier alpha value is -7.21. The first-order chi connectivity index (χ1) is 27.7. The van der Waals surface area contributed by atoms with E-state index in [-0.39, 0.29) is 0 Å². The van der Waals surface area contributed by atoms with Gasteiger partial charge in [0.1, 0.15) is 11.2 Å². The van der Waals surface area contributed by atoms with E-state index in [9.17, 15) is 0 Å². The van der Waals surface area contributed by atoms with Crippen molar-refractivity contribution in [3.63, 3.8) is 0 Å². The highest BCUT2D eigenvalue weighted by atomic mass is 32.1. The van der Waals surface area contributed by atoms with Crippen LogP contribution in [-0.2, 0) is 0 Å². The average Bonchev–Trinajstić information content (AvgIpc) is 3.84. The fourth-order valence-corrected chi connectivity index (χ4v) is 8.74. The summed E-state index contributed by atoms with van der Waals surface area (Å²) in [7, 11) is 0. The molecule has 0 aliphatic rings. The average molecular weight is 734 g/mol. The summed E-state index contributed by atoms with van der Waals surface area (Å²) in [5, 5.41) is 4.75. The lowest BCUT2D eigenvalue weighted by molar-refractivity contribution is 0.669. The van der Waals surface area contributed by atoms with E-state index in [1.165, 1.54) is 36.9 Å². The minimum absolute atomic E-state index is 0.593. The van der Waals surface area contributed by atoms with Crippen LogP contribution in [0.5, 0.6) is 0 Å². The third kappa shape index (κ3) is 5.74. The molecule has 0 saturated carbocycles. The Morgan fingerprint density at radius 2 is 0.696 bits per heavy atom. The summed E-state index contributed by atoms with van der Waals surface area (Å²) in [6.45, 7) is 0. The van der Waals surface area contributed by atoms with Gasteiger partial charge in [0.25, 0.3) is 0 Å². The van der Waals surface area contributed by atoms with Crippen molar-refractivity contribution in [3.05, 3.63) is 188 Å². The number of hydrogen-bond donors (Lipinski definition) is 0. The van der Waals surface area contributed by atoms with Crippen molar-refractivity contribution in [3.8, 4) is 67.5 Å². The highest BCUT2D eigenvalue weighted by Crippen LogP contribution is 2.38. The van der Waals surface area contributed by atoms with Crippen LogP contribution in [0.3, 0.4) is 0 Å². The minimum Gasteiger partial charge on any atom is -0.456 e. The molecule has 56 heavy (non-hydrogen) atoms. The smallest absolute Gasteiger partial charge is 0.164 e. The van der Waals surface area contributed by atoms with Crippen LogP contribution in [0.1, 0.15) is 0 Å². The van der Waals surface area contributed by atoms with Gasteiger partial charge < -0.3 is 4.42 Å². The first kappa shape index (κ1) is 32.2. The van der Waals surface area contributed by atoms with E-state index in [1.54, 1.807) is 0 Å². The highest BCUT2D eigenvalue weighted by Gasteiger charge is 2.16.